The first kappa shape index (κ1) is 21.6. The third-order valence-corrected chi connectivity index (χ3v) is 5.29. The van der Waals surface area contributed by atoms with Gasteiger partial charge in [0.05, 0.1) is 6.10 Å². The Balaban J connectivity index is 1.60. The molecule has 1 heterocycles. The van der Waals surface area contributed by atoms with Crippen molar-refractivity contribution in [2.45, 2.75) is 46.3 Å². The molecule has 1 N–H and O–H groups in total. The SMILES string of the molecule is Cc1cc(C)c(COc2ccc(/C=C(\C#N)C(=O)NC[C@@H]3CCCO3)cc2)c(C)c1. The Kier molecular flexibility index (Phi) is 7.26. The summed E-state index contributed by atoms with van der Waals surface area (Å²) in [5, 5.41) is 12.1. The highest BCUT2D eigenvalue weighted by Gasteiger charge is 2.17. The molecule has 2 aromatic carbocycles. The topological polar surface area (TPSA) is 71.3 Å². The van der Waals surface area contributed by atoms with Gasteiger partial charge in [0.15, 0.2) is 0 Å². The summed E-state index contributed by atoms with van der Waals surface area (Å²) in [7, 11) is 0. The van der Waals surface area contributed by atoms with E-state index in [9.17, 15) is 10.1 Å². The normalized spacial score (nSPS) is 16.2. The summed E-state index contributed by atoms with van der Waals surface area (Å²) < 4.78 is 11.4. The molecule has 0 radical (unpaired) electrons. The fourth-order valence-corrected chi connectivity index (χ4v) is 3.68. The lowest BCUT2D eigenvalue weighted by Crippen LogP contribution is -2.32. The zero-order valence-electron chi connectivity index (χ0n) is 17.8. The Morgan fingerprint density at radius 1 is 1.23 bits per heavy atom. The van der Waals surface area contributed by atoms with E-state index in [0.717, 1.165) is 30.8 Å². The standard InChI is InChI=1S/C25H28N2O3/c1-17-11-18(2)24(19(3)12-17)16-30-22-8-6-20(7-9-22)13-21(14-26)25(28)27-15-23-5-4-10-29-23/h6-9,11-13,23H,4-5,10,15-16H2,1-3H3,(H,27,28)/b21-13+/t23-/m0/s1. The van der Waals surface area contributed by atoms with E-state index < -0.39 is 0 Å². The smallest absolute Gasteiger partial charge is 0.262 e. The molecule has 0 aromatic heterocycles. The van der Waals surface area contributed by atoms with Crippen LogP contribution < -0.4 is 10.1 Å². The van der Waals surface area contributed by atoms with Gasteiger partial charge < -0.3 is 14.8 Å². The maximum Gasteiger partial charge on any atom is 0.262 e. The summed E-state index contributed by atoms with van der Waals surface area (Å²) in [4.78, 5) is 12.3. The minimum atomic E-state index is -0.376. The molecule has 1 amide bonds. The lowest BCUT2D eigenvalue weighted by atomic mass is 10.0. The summed E-state index contributed by atoms with van der Waals surface area (Å²) in [6.45, 7) is 7.96. The zero-order valence-corrected chi connectivity index (χ0v) is 17.8. The molecule has 0 bridgehead atoms. The number of benzene rings is 2. The third kappa shape index (κ3) is 5.71. The number of ether oxygens (including phenoxy) is 2. The molecule has 30 heavy (non-hydrogen) atoms. The van der Waals surface area contributed by atoms with Gasteiger partial charge in [0.1, 0.15) is 24.0 Å². The van der Waals surface area contributed by atoms with E-state index in [1.54, 1.807) is 6.08 Å². The summed E-state index contributed by atoms with van der Waals surface area (Å²) >= 11 is 0. The molecule has 0 unspecified atom stereocenters. The van der Waals surface area contributed by atoms with Gasteiger partial charge in [-0.1, -0.05) is 29.8 Å². The molecule has 156 valence electrons. The fraction of sp³-hybridized carbons (Fsp3) is 0.360. The van der Waals surface area contributed by atoms with Crippen LogP contribution in [0.15, 0.2) is 42.0 Å². The molecule has 5 heteroatoms. The van der Waals surface area contributed by atoms with Gasteiger partial charge in [-0.15, -0.1) is 0 Å². The fourth-order valence-electron chi connectivity index (χ4n) is 3.68. The quantitative estimate of drug-likeness (QED) is 0.549. The highest BCUT2D eigenvalue weighted by atomic mass is 16.5. The second-order valence-corrected chi connectivity index (χ2v) is 7.75. The molecule has 1 fully saturated rings. The monoisotopic (exact) mass is 404 g/mol. The number of amides is 1. The number of rotatable bonds is 7. The summed E-state index contributed by atoms with van der Waals surface area (Å²) in [5.74, 6) is 0.367. The van der Waals surface area contributed by atoms with E-state index in [0.29, 0.717) is 13.2 Å². The van der Waals surface area contributed by atoms with Crippen molar-refractivity contribution in [3.8, 4) is 11.8 Å². The highest BCUT2D eigenvalue weighted by Crippen LogP contribution is 2.20. The van der Waals surface area contributed by atoms with Gasteiger partial charge in [-0.05, 0) is 74.1 Å². The second-order valence-electron chi connectivity index (χ2n) is 7.75. The van der Waals surface area contributed by atoms with Crippen LogP contribution in [0, 0.1) is 32.1 Å². The summed E-state index contributed by atoms with van der Waals surface area (Å²) in [6.07, 6.45) is 3.59. The van der Waals surface area contributed by atoms with Crippen molar-refractivity contribution >= 4 is 12.0 Å². The first-order chi connectivity index (χ1) is 14.5. The Bertz CT molecular complexity index is 942. The Labute approximate surface area is 178 Å². The Morgan fingerprint density at radius 2 is 1.93 bits per heavy atom. The van der Waals surface area contributed by atoms with Crippen LogP contribution in [0.25, 0.3) is 6.08 Å². The molecule has 2 aromatic rings. The van der Waals surface area contributed by atoms with E-state index in [4.69, 9.17) is 9.47 Å². The molecule has 3 rings (SSSR count). The van der Waals surface area contributed by atoms with E-state index >= 15 is 0 Å². The Morgan fingerprint density at radius 3 is 2.53 bits per heavy atom. The maximum atomic E-state index is 12.3. The van der Waals surface area contributed by atoms with Crippen LogP contribution in [-0.4, -0.2) is 25.2 Å². The van der Waals surface area contributed by atoms with Crippen LogP contribution in [0.4, 0.5) is 0 Å². The molecule has 0 aliphatic carbocycles. The van der Waals surface area contributed by atoms with Crippen molar-refractivity contribution < 1.29 is 14.3 Å². The van der Waals surface area contributed by atoms with Gasteiger partial charge in [-0.2, -0.15) is 5.26 Å². The van der Waals surface area contributed by atoms with Crippen LogP contribution >= 0.6 is 0 Å². The first-order valence-electron chi connectivity index (χ1n) is 10.3. The molecule has 0 saturated carbocycles. The third-order valence-electron chi connectivity index (χ3n) is 5.29. The molecule has 5 nitrogen and oxygen atoms in total. The van der Waals surface area contributed by atoms with E-state index in [1.807, 2.05) is 30.3 Å². The summed E-state index contributed by atoms with van der Waals surface area (Å²) in [5.41, 5.74) is 5.73. The predicted octanol–water partition coefficient (Wildman–Crippen LogP) is 4.39. The lowest BCUT2D eigenvalue weighted by molar-refractivity contribution is -0.117. The number of nitriles is 1. The minimum Gasteiger partial charge on any atom is -0.489 e. The molecule has 1 aliphatic heterocycles. The Hall–Kier alpha value is -3.10. The predicted molar refractivity (Wildman–Crippen MR) is 117 cm³/mol. The first-order valence-corrected chi connectivity index (χ1v) is 10.3. The van der Waals surface area contributed by atoms with Gasteiger partial charge in [0.2, 0.25) is 0 Å². The van der Waals surface area contributed by atoms with Crippen LogP contribution in [0.1, 0.15) is 40.7 Å². The van der Waals surface area contributed by atoms with Crippen LogP contribution in [0.5, 0.6) is 5.75 Å². The summed E-state index contributed by atoms with van der Waals surface area (Å²) in [6, 6.07) is 13.7. The van der Waals surface area contributed by atoms with Gasteiger partial charge in [-0.25, -0.2) is 0 Å². The molecule has 1 saturated heterocycles. The van der Waals surface area contributed by atoms with Crippen LogP contribution in [0.3, 0.4) is 0 Å². The van der Waals surface area contributed by atoms with E-state index in [2.05, 4.69) is 38.2 Å². The molecular weight excluding hydrogens is 376 g/mol. The average molecular weight is 405 g/mol. The number of carbonyl (C=O) groups excluding carboxylic acids is 1. The molecule has 1 aliphatic rings. The largest absolute Gasteiger partial charge is 0.489 e. The van der Waals surface area contributed by atoms with Gasteiger partial charge in [-0.3, -0.25) is 4.79 Å². The molecule has 1 atom stereocenters. The zero-order chi connectivity index (χ0) is 21.5. The maximum absolute atomic E-state index is 12.3. The van der Waals surface area contributed by atoms with Crippen molar-refractivity contribution in [1.82, 2.24) is 5.32 Å². The lowest BCUT2D eigenvalue weighted by Gasteiger charge is -2.13. The van der Waals surface area contributed by atoms with Crippen molar-refractivity contribution in [2.24, 2.45) is 0 Å². The van der Waals surface area contributed by atoms with E-state index in [-0.39, 0.29) is 17.6 Å². The van der Waals surface area contributed by atoms with Gasteiger partial charge >= 0.3 is 0 Å². The molecular formula is C25H28N2O3. The van der Waals surface area contributed by atoms with Crippen molar-refractivity contribution in [2.75, 3.05) is 13.2 Å². The average Bonchev–Trinajstić information content (AvgIpc) is 3.24. The van der Waals surface area contributed by atoms with Crippen molar-refractivity contribution in [3.05, 3.63) is 69.8 Å². The number of carbonyl (C=O) groups is 1. The molecule has 0 spiro atoms. The number of hydrogen-bond acceptors (Lipinski definition) is 4. The second kappa shape index (κ2) is 10.1. The van der Waals surface area contributed by atoms with Gasteiger partial charge in [0, 0.05) is 13.2 Å². The van der Waals surface area contributed by atoms with Crippen LogP contribution in [-0.2, 0) is 16.1 Å². The number of aryl methyl sites for hydroxylation is 3. The van der Waals surface area contributed by atoms with Crippen molar-refractivity contribution in [1.29, 1.82) is 5.26 Å². The van der Waals surface area contributed by atoms with Crippen LogP contribution in [0.2, 0.25) is 0 Å². The van der Waals surface area contributed by atoms with Gasteiger partial charge in [0.25, 0.3) is 5.91 Å². The van der Waals surface area contributed by atoms with E-state index in [1.165, 1.54) is 22.3 Å². The number of hydrogen-bond donors (Lipinski definition) is 1. The number of nitrogens with zero attached hydrogens (tertiary/aromatic N) is 1. The minimum absolute atomic E-state index is 0.0473. The number of nitrogens with one attached hydrogen (secondary N) is 1. The van der Waals surface area contributed by atoms with Crippen molar-refractivity contribution in [3.63, 3.8) is 0 Å². The highest BCUT2D eigenvalue weighted by molar-refractivity contribution is 6.01.